The maximum atomic E-state index is 9.53. The van der Waals surface area contributed by atoms with E-state index in [4.69, 9.17) is 5.11 Å². The summed E-state index contributed by atoms with van der Waals surface area (Å²) in [4.78, 5) is 23.1. The number of carboxylic acids is 2. The van der Waals surface area contributed by atoms with Gasteiger partial charge >= 0.3 is 5.97 Å². The molecular weight excluding hydrogens is 360 g/mol. The third kappa shape index (κ3) is 6.84. The van der Waals surface area contributed by atoms with Gasteiger partial charge in [-0.2, -0.15) is 0 Å². The summed E-state index contributed by atoms with van der Waals surface area (Å²) in [7, 11) is -0.0146. The number of benzene rings is 3. The first-order valence-corrected chi connectivity index (χ1v) is 9.32. The molecule has 0 unspecified atom stereocenters. The average molecular weight is 378 g/mol. The van der Waals surface area contributed by atoms with E-state index in [-0.39, 0.29) is 10.9 Å². The quantitative estimate of drug-likeness (QED) is 0.546. The maximum absolute atomic E-state index is 9.53. The summed E-state index contributed by atoms with van der Waals surface area (Å²) >= 11 is 0. The minimum atomic E-state index is -1.51. The number of hydrogen-bond acceptors (Lipinski definition) is 3. The van der Waals surface area contributed by atoms with Gasteiger partial charge in [-0.3, -0.25) is 0 Å². The first-order chi connectivity index (χ1) is 13.1. The molecule has 4 nitrogen and oxygen atoms in total. The summed E-state index contributed by atoms with van der Waals surface area (Å²) in [5.41, 5.74) is 0. The van der Waals surface area contributed by atoms with Crippen LogP contribution in [0.4, 0.5) is 0 Å². The van der Waals surface area contributed by atoms with Crippen molar-refractivity contribution < 1.29 is 19.8 Å². The van der Waals surface area contributed by atoms with Crippen molar-refractivity contribution in [3.05, 3.63) is 103 Å². The lowest BCUT2D eigenvalue weighted by Crippen LogP contribution is -2.19. The van der Waals surface area contributed by atoms with Crippen molar-refractivity contribution >= 4 is 22.8 Å². The van der Waals surface area contributed by atoms with Gasteiger partial charge in [0.1, 0.15) is 0 Å². The Morgan fingerprint density at radius 1 is 0.667 bits per heavy atom. The lowest BCUT2D eigenvalue weighted by Gasteiger charge is -2.07. The Morgan fingerprint density at radius 3 is 1.22 bits per heavy atom. The first kappa shape index (κ1) is 20.0. The van der Waals surface area contributed by atoms with Crippen LogP contribution in [0.25, 0.3) is 0 Å². The first-order valence-electron chi connectivity index (χ1n) is 8.09. The standard InChI is InChI=1S/C18H15S.C4H4O4/c1-4-10-16(11-5-1)19(17-12-6-2-7-13-17)18-14-8-3-9-15-18;5-3(6)1-2-4(7)8/h1-15H;1-2H,(H,5,6)(H,7,8)/q+1;/p-1/b;2-1-. The molecule has 0 amide bonds. The van der Waals surface area contributed by atoms with E-state index in [1.165, 1.54) is 14.7 Å². The third-order valence-corrected chi connectivity index (χ3v) is 5.53. The van der Waals surface area contributed by atoms with E-state index in [1.54, 1.807) is 0 Å². The molecule has 0 aliphatic heterocycles. The SMILES string of the molecule is O=C([O-])/C=C\C(=O)O.c1ccc([S+](c2ccccc2)c2ccccc2)cc1. The zero-order valence-corrected chi connectivity index (χ0v) is 15.2. The zero-order valence-electron chi connectivity index (χ0n) is 14.4. The number of rotatable bonds is 5. The fourth-order valence-corrected chi connectivity index (χ4v) is 4.32. The molecule has 0 bridgehead atoms. The second-order valence-corrected chi connectivity index (χ2v) is 7.26. The van der Waals surface area contributed by atoms with E-state index in [2.05, 4.69) is 91.0 Å². The van der Waals surface area contributed by atoms with Crippen molar-refractivity contribution in [2.75, 3.05) is 0 Å². The summed E-state index contributed by atoms with van der Waals surface area (Å²) < 4.78 is 0. The van der Waals surface area contributed by atoms with Crippen LogP contribution in [0, 0.1) is 0 Å². The van der Waals surface area contributed by atoms with Gasteiger partial charge in [0, 0.05) is 6.08 Å². The Morgan fingerprint density at radius 2 is 1.00 bits per heavy atom. The number of aliphatic carboxylic acids is 2. The number of carbonyl (C=O) groups excluding carboxylic acids is 1. The molecule has 3 aromatic rings. The van der Waals surface area contributed by atoms with Crippen LogP contribution in [0.2, 0.25) is 0 Å². The molecule has 0 saturated heterocycles. The monoisotopic (exact) mass is 378 g/mol. The molecule has 0 atom stereocenters. The van der Waals surface area contributed by atoms with Crippen molar-refractivity contribution in [1.82, 2.24) is 0 Å². The maximum Gasteiger partial charge on any atom is 0.328 e. The highest BCUT2D eigenvalue weighted by Crippen LogP contribution is 2.30. The molecule has 0 radical (unpaired) electrons. The van der Waals surface area contributed by atoms with Crippen molar-refractivity contribution in [3.8, 4) is 0 Å². The van der Waals surface area contributed by atoms with Gasteiger partial charge < -0.3 is 15.0 Å². The molecule has 0 heterocycles. The lowest BCUT2D eigenvalue weighted by atomic mass is 10.4. The van der Waals surface area contributed by atoms with Crippen LogP contribution in [0.1, 0.15) is 0 Å². The van der Waals surface area contributed by atoms with Crippen LogP contribution < -0.4 is 5.11 Å². The van der Waals surface area contributed by atoms with Crippen LogP contribution in [0.3, 0.4) is 0 Å². The van der Waals surface area contributed by atoms with Crippen LogP contribution in [0.15, 0.2) is 118 Å². The molecule has 0 fully saturated rings. The van der Waals surface area contributed by atoms with Crippen LogP contribution in [0.5, 0.6) is 0 Å². The molecule has 0 saturated carbocycles. The van der Waals surface area contributed by atoms with Crippen molar-refractivity contribution in [3.63, 3.8) is 0 Å². The van der Waals surface area contributed by atoms with Gasteiger partial charge in [0.05, 0.1) is 16.9 Å². The van der Waals surface area contributed by atoms with Crippen LogP contribution in [-0.4, -0.2) is 17.0 Å². The summed E-state index contributed by atoms with van der Waals surface area (Å²) in [6, 6.07) is 32.2. The second-order valence-electron chi connectivity index (χ2n) is 5.24. The number of carboxylic acid groups (broad SMARTS) is 2. The van der Waals surface area contributed by atoms with Gasteiger partial charge in [0.2, 0.25) is 0 Å². The van der Waals surface area contributed by atoms with Crippen LogP contribution in [-0.2, 0) is 20.5 Å². The van der Waals surface area contributed by atoms with E-state index in [0.29, 0.717) is 12.2 Å². The highest BCUT2D eigenvalue weighted by Gasteiger charge is 2.27. The van der Waals surface area contributed by atoms with Crippen LogP contribution >= 0.6 is 0 Å². The van der Waals surface area contributed by atoms with Gasteiger partial charge in [-0.25, -0.2) is 4.79 Å². The Balaban J connectivity index is 0.000000279. The van der Waals surface area contributed by atoms with Gasteiger partial charge in [0.15, 0.2) is 14.7 Å². The van der Waals surface area contributed by atoms with E-state index in [9.17, 15) is 14.7 Å². The number of hydrogen-bond donors (Lipinski definition) is 1. The highest BCUT2D eigenvalue weighted by molar-refractivity contribution is 7.97. The molecule has 27 heavy (non-hydrogen) atoms. The van der Waals surface area contributed by atoms with E-state index >= 15 is 0 Å². The van der Waals surface area contributed by atoms with E-state index < -0.39 is 11.9 Å². The van der Waals surface area contributed by atoms with E-state index in [1.807, 2.05) is 0 Å². The molecule has 3 rings (SSSR count). The molecular formula is C22H18O4S. The summed E-state index contributed by atoms with van der Waals surface area (Å²) in [6.45, 7) is 0. The van der Waals surface area contributed by atoms with Crippen molar-refractivity contribution in [2.24, 2.45) is 0 Å². The predicted octanol–water partition coefficient (Wildman–Crippen LogP) is 3.16. The summed E-state index contributed by atoms with van der Waals surface area (Å²) in [5, 5.41) is 17.2. The van der Waals surface area contributed by atoms with Gasteiger partial charge in [-0.15, -0.1) is 0 Å². The van der Waals surface area contributed by atoms with Gasteiger partial charge in [0.25, 0.3) is 0 Å². The Kier molecular flexibility index (Phi) is 7.88. The minimum Gasteiger partial charge on any atom is -0.545 e. The summed E-state index contributed by atoms with van der Waals surface area (Å²) in [6.07, 6.45) is 0.942. The molecule has 0 spiro atoms. The molecule has 5 heteroatoms. The third-order valence-electron chi connectivity index (χ3n) is 3.30. The highest BCUT2D eigenvalue weighted by atomic mass is 32.2. The number of carbonyl (C=O) groups is 2. The van der Waals surface area contributed by atoms with Gasteiger partial charge in [-0.1, -0.05) is 54.6 Å². The predicted molar refractivity (Wildman–Crippen MR) is 103 cm³/mol. The smallest absolute Gasteiger partial charge is 0.328 e. The largest absolute Gasteiger partial charge is 0.545 e. The Labute approximate surface area is 160 Å². The molecule has 0 aromatic heterocycles. The van der Waals surface area contributed by atoms with Crippen molar-refractivity contribution in [1.29, 1.82) is 0 Å². The Bertz CT molecular complexity index is 768. The Hall–Kier alpha value is -3.31. The fourth-order valence-electron chi connectivity index (χ4n) is 2.22. The van der Waals surface area contributed by atoms with Gasteiger partial charge in [-0.05, 0) is 42.5 Å². The summed E-state index contributed by atoms with van der Waals surface area (Å²) in [5.74, 6) is -2.80. The van der Waals surface area contributed by atoms with Crippen molar-refractivity contribution in [2.45, 2.75) is 14.7 Å². The average Bonchev–Trinajstić information content (AvgIpc) is 2.70. The normalized spacial score (nSPS) is 10.3. The topological polar surface area (TPSA) is 77.4 Å². The minimum absolute atomic E-state index is 0.0146. The lowest BCUT2D eigenvalue weighted by molar-refractivity contribution is -0.297. The second kappa shape index (κ2) is 10.6. The zero-order chi connectivity index (χ0) is 19.5. The molecule has 0 aliphatic carbocycles. The fraction of sp³-hybridized carbons (Fsp3) is 0. The molecule has 1 N–H and O–H groups in total. The molecule has 3 aromatic carbocycles. The molecule has 136 valence electrons. The molecule has 0 aliphatic rings. The van der Waals surface area contributed by atoms with E-state index in [0.717, 1.165) is 0 Å².